The molecule has 3 rings (SSSR count). The number of carbonyl (C=O) groups excluding carboxylic acids is 1. The lowest BCUT2D eigenvalue weighted by molar-refractivity contribution is -0.184. The Kier molecular flexibility index (Phi) is 8.05. The molecule has 0 spiro atoms. The number of benzene rings is 2. The third-order valence-electron chi connectivity index (χ3n) is 5.16. The van der Waals surface area contributed by atoms with E-state index in [2.05, 4.69) is 26.6 Å². The van der Waals surface area contributed by atoms with Crippen LogP contribution in [0.15, 0.2) is 36.4 Å². The number of fused-ring (bicyclic) bond motifs is 1. The Balaban J connectivity index is 1.64. The summed E-state index contributed by atoms with van der Waals surface area (Å²) in [6.45, 7) is 0.963. The molecule has 5 N–H and O–H groups in total. The molecule has 2 aromatic rings. The highest BCUT2D eigenvalue weighted by atomic mass is 19.4. The molecular formula is C21H27F5N6O. The quantitative estimate of drug-likeness (QED) is 0.315. The number of nitrogens with one attached hydrogen (secondary N) is 5. The fourth-order valence-electron chi connectivity index (χ4n) is 3.56. The molecule has 2 aromatic carbocycles. The van der Waals surface area contributed by atoms with Crippen molar-refractivity contribution in [2.75, 3.05) is 32.5 Å². The number of hydrogen-bond donors (Lipinski definition) is 5. The molecule has 0 aromatic heterocycles. The zero-order chi connectivity index (χ0) is 24.2. The lowest BCUT2D eigenvalue weighted by Gasteiger charge is -2.41. The van der Waals surface area contributed by atoms with Gasteiger partial charge in [0.05, 0.1) is 6.17 Å². The molecule has 1 aliphatic rings. The Hall–Kier alpha value is -2.54. The Morgan fingerprint density at radius 3 is 2.52 bits per heavy atom. The van der Waals surface area contributed by atoms with Gasteiger partial charge in [-0.1, -0.05) is 12.1 Å². The predicted octanol–water partition coefficient (Wildman–Crippen LogP) is 2.71. The van der Waals surface area contributed by atoms with Gasteiger partial charge >= 0.3 is 12.2 Å². The van der Waals surface area contributed by atoms with Crippen molar-refractivity contribution in [2.45, 2.75) is 37.3 Å². The maximum atomic E-state index is 14.6. The van der Waals surface area contributed by atoms with Crippen LogP contribution in [-0.4, -0.2) is 69.0 Å². The van der Waals surface area contributed by atoms with Crippen LogP contribution in [0.25, 0.3) is 10.8 Å². The molecule has 2 amide bonds. The molecule has 1 fully saturated rings. The van der Waals surface area contributed by atoms with E-state index in [-0.39, 0.29) is 6.54 Å². The minimum Gasteiger partial charge on any atom is -0.310 e. The van der Waals surface area contributed by atoms with E-state index in [0.717, 1.165) is 5.39 Å². The highest BCUT2D eigenvalue weighted by molar-refractivity contribution is 5.93. The largest absolute Gasteiger partial charge is 0.406 e. The van der Waals surface area contributed by atoms with Gasteiger partial charge in [0.2, 0.25) is 0 Å². The van der Waals surface area contributed by atoms with E-state index in [1.54, 1.807) is 18.2 Å². The average molecular weight is 474 g/mol. The summed E-state index contributed by atoms with van der Waals surface area (Å²) >= 11 is 0. The Morgan fingerprint density at radius 2 is 1.82 bits per heavy atom. The van der Waals surface area contributed by atoms with Crippen LogP contribution in [0.1, 0.15) is 6.42 Å². The zero-order valence-corrected chi connectivity index (χ0v) is 18.1. The van der Waals surface area contributed by atoms with Crippen LogP contribution in [0.2, 0.25) is 0 Å². The lowest BCUT2D eigenvalue weighted by Crippen LogP contribution is -2.75. The van der Waals surface area contributed by atoms with Crippen molar-refractivity contribution in [1.82, 2.24) is 26.2 Å². The molecule has 0 radical (unpaired) electrons. The second kappa shape index (κ2) is 10.6. The SMILES string of the molecule is CN(C)CCCNC1NC(NC(=O)Nc2ccc3ccc(F)cc3c2)NC(C(F)(F)F)C1F. The summed E-state index contributed by atoms with van der Waals surface area (Å²) in [5, 5.41) is 13.5. The minimum absolute atomic E-state index is 0.285. The summed E-state index contributed by atoms with van der Waals surface area (Å²) in [5.74, 6) is -0.442. The second-order valence-corrected chi connectivity index (χ2v) is 8.12. The summed E-state index contributed by atoms with van der Waals surface area (Å²) in [6.07, 6.45) is -9.24. The van der Waals surface area contributed by atoms with E-state index in [1.807, 2.05) is 19.0 Å². The molecule has 0 aliphatic carbocycles. The van der Waals surface area contributed by atoms with Crippen molar-refractivity contribution in [3.63, 3.8) is 0 Å². The number of carbonyl (C=O) groups is 1. The van der Waals surface area contributed by atoms with Crippen molar-refractivity contribution in [1.29, 1.82) is 0 Å². The van der Waals surface area contributed by atoms with Gasteiger partial charge in [0.15, 0.2) is 6.17 Å². The van der Waals surface area contributed by atoms with E-state index in [4.69, 9.17) is 0 Å². The van der Waals surface area contributed by atoms with Crippen LogP contribution in [0.4, 0.5) is 32.4 Å². The molecule has 1 aliphatic heterocycles. The molecule has 7 nitrogen and oxygen atoms in total. The number of halogens is 5. The second-order valence-electron chi connectivity index (χ2n) is 8.12. The van der Waals surface area contributed by atoms with Crippen molar-refractivity contribution in [3.8, 4) is 0 Å². The number of nitrogens with zero attached hydrogens (tertiary/aromatic N) is 1. The smallest absolute Gasteiger partial charge is 0.310 e. The van der Waals surface area contributed by atoms with Crippen LogP contribution in [0.3, 0.4) is 0 Å². The van der Waals surface area contributed by atoms with Crippen molar-refractivity contribution < 1.29 is 26.7 Å². The summed E-state index contributed by atoms with van der Waals surface area (Å²) < 4.78 is 68.1. The van der Waals surface area contributed by atoms with Gasteiger partial charge in [0, 0.05) is 5.69 Å². The zero-order valence-electron chi connectivity index (χ0n) is 18.1. The van der Waals surface area contributed by atoms with Crippen LogP contribution in [-0.2, 0) is 0 Å². The predicted molar refractivity (Wildman–Crippen MR) is 116 cm³/mol. The van der Waals surface area contributed by atoms with Gasteiger partial charge in [-0.05, 0) is 68.6 Å². The first-order valence-electron chi connectivity index (χ1n) is 10.4. The van der Waals surface area contributed by atoms with E-state index in [0.29, 0.717) is 24.0 Å². The third kappa shape index (κ3) is 6.97. The summed E-state index contributed by atoms with van der Waals surface area (Å²) in [4.78, 5) is 14.3. The number of urea groups is 1. The van der Waals surface area contributed by atoms with Gasteiger partial charge in [-0.15, -0.1) is 0 Å². The topological polar surface area (TPSA) is 80.5 Å². The Bertz CT molecular complexity index is 956. The van der Waals surface area contributed by atoms with Crippen LogP contribution < -0.4 is 26.6 Å². The summed E-state index contributed by atoms with van der Waals surface area (Å²) in [5.41, 5.74) is 0.315. The van der Waals surface area contributed by atoms with Crippen LogP contribution in [0.5, 0.6) is 0 Å². The lowest BCUT2D eigenvalue weighted by atomic mass is 10.1. The minimum atomic E-state index is -4.86. The molecule has 33 heavy (non-hydrogen) atoms. The molecule has 1 heterocycles. The van der Waals surface area contributed by atoms with E-state index in [9.17, 15) is 26.7 Å². The normalized spacial score (nSPS) is 23.6. The fourth-order valence-corrected chi connectivity index (χ4v) is 3.56. The first kappa shape index (κ1) is 25.1. The molecule has 182 valence electrons. The van der Waals surface area contributed by atoms with Crippen LogP contribution >= 0.6 is 0 Å². The number of alkyl halides is 4. The van der Waals surface area contributed by atoms with E-state index in [1.165, 1.54) is 18.2 Å². The molecule has 0 saturated carbocycles. The summed E-state index contributed by atoms with van der Waals surface area (Å²) in [7, 11) is 3.70. The molecule has 4 atom stereocenters. The molecule has 0 bridgehead atoms. The monoisotopic (exact) mass is 474 g/mol. The molecule has 1 saturated heterocycles. The number of rotatable bonds is 7. The Labute approximate surface area is 188 Å². The van der Waals surface area contributed by atoms with Crippen molar-refractivity contribution >= 4 is 22.5 Å². The third-order valence-corrected chi connectivity index (χ3v) is 5.16. The maximum Gasteiger partial charge on any atom is 0.406 e. The van der Waals surface area contributed by atoms with Gasteiger partial charge in [-0.25, -0.2) is 13.6 Å². The van der Waals surface area contributed by atoms with Crippen molar-refractivity contribution in [2.24, 2.45) is 0 Å². The standard InChI is InChI=1S/C21H27F5N6O/c1-32(2)9-3-8-27-18-16(23)17(21(24,25)26)29-19(30-18)31-20(33)28-15-7-5-12-4-6-14(22)10-13(12)11-15/h4-7,10-11,16-19,27,29-30H,3,8-9H2,1-2H3,(H2,28,31,33). The first-order valence-corrected chi connectivity index (χ1v) is 10.4. The Morgan fingerprint density at radius 1 is 1.09 bits per heavy atom. The number of hydrogen-bond acceptors (Lipinski definition) is 5. The van der Waals surface area contributed by atoms with Gasteiger partial charge in [-0.2, -0.15) is 13.2 Å². The average Bonchev–Trinajstić information content (AvgIpc) is 2.71. The number of anilines is 1. The van der Waals surface area contributed by atoms with Crippen molar-refractivity contribution in [3.05, 3.63) is 42.2 Å². The maximum absolute atomic E-state index is 14.6. The highest BCUT2D eigenvalue weighted by Crippen LogP contribution is 2.27. The number of amides is 2. The highest BCUT2D eigenvalue weighted by Gasteiger charge is 2.52. The van der Waals surface area contributed by atoms with Gasteiger partial charge in [-0.3, -0.25) is 16.0 Å². The van der Waals surface area contributed by atoms with Gasteiger partial charge in [0.25, 0.3) is 0 Å². The first-order chi connectivity index (χ1) is 15.5. The van der Waals surface area contributed by atoms with E-state index >= 15 is 0 Å². The molecule has 4 unspecified atom stereocenters. The fraction of sp³-hybridized carbons (Fsp3) is 0.476. The summed E-state index contributed by atoms with van der Waals surface area (Å²) in [6, 6.07) is 5.67. The van der Waals surface area contributed by atoms with Gasteiger partial charge in [0.1, 0.15) is 18.1 Å². The van der Waals surface area contributed by atoms with Crippen LogP contribution in [0, 0.1) is 5.82 Å². The molecular weight excluding hydrogens is 447 g/mol. The molecule has 12 heteroatoms. The van der Waals surface area contributed by atoms with E-state index < -0.39 is 42.7 Å². The van der Waals surface area contributed by atoms with Gasteiger partial charge < -0.3 is 15.5 Å².